The Kier molecular flexibility index (Phi) is 10.9. The molecule has 0 unspecified atom stereocenters. The summed E-state index contributed by atoms with van der Waals surface area (Å²) in [6, 6.07) is 30.7. The summed E-state index contributed by atoms with van der Waals surface area (Å²) < 4.78 is 31.5. The molecule has 250 valence electrons. The first-order valence-electron chi connectivity index (χ1n) is 16.1. The van der Waals surface area contributed by atoms with Gasteiger partial charge in [0, 0.05) is 31.6 Å². The van der Waals surface area contributed by atoms with Crippen LogP contribution in [-0.4, -0.2) is 47.2 Å². The van der Waals surface area contributed by atoms with Crippen molar-refractivity contribution in [3.8, 4) is 16.9 Å². The van der Waals surface area contributed by atoms with Gasteiger partial charge in [0.05, 0.1) is 6.61 Å². The predicted octanol–water partition coefficient (Wildman–Crippen LogP) is 6.95. The molecule has 0 radical (unpaired) electrons. The second-order valence-electron chi connectivity index (χ2n) is 12.7. The van der Waals surface area contributed by atoms with Crippen LogP contribution in [-0.2, 0) is 25.6 Å². The summed E-state index contributed by atoms with van der Waals surface area (Å²) in [6.45, 7) is 5.90. The molecule has 8 nitrogen and oxygen atoms in total. The zero-order valence-corrected chi connectivity index (χ0v) is 27.4. The molecule has 9 heteroatoms. The van der Waals surface area contributed by atoms with E-state index >= 15 is 0 Å². The molecular formula is C39H41FN2O6. The number of ether oxygens (including phenoxy) is 3. The van der Waals surface area contributed by atoms with Crippen molar-refractivity contribution in [1.82, 2.24) is 5.32 Å². The number of hydrogen-bond acceptors (Lipinski definition) is 7. The van der Waals surface area contributed by atoms with E-state index in [1.807, 2.05) is 54.6 Å². The number of nitrogens with zero attached hydrogens (tertiary/aromatic N) is 1. The maximum atomic E-state index is 14.4. The van der Waals surface area contributed by atoms with Gasteiger partial charge in [-0.05, 0) is 85.8 Å². The van der Waals surface area contributed by atoms with Crippen LogP contribution in [0, 0.1) is 5.82 Å². The first-order valence-corrected chi connectivity index (χ1v) is 16.1. The molecule has 0 bridgehead atoms. The van der Waals surface area contributed by atoms with E-state index in [2.05, 4.69) is 5.32 Å². The van der Waals surface area contributed by atoms with E-state index in [0.717, 1.165) is 11.1 Å². The third kappa shape index (κ3) is 8.66. The van der Waals surface area contributed by atoms with Gasteiger partial charge in [0.1, 0.15) is 17.2 Å². The van der Waals surface area contributed by atoms with Crippen LogP contribution in [0.1, 0.15) is 62.8 Å². The van der Waals surface area contributed by atoms with E-state index in [0.29, 0.717) is 35.5 Å². The highest BCUT2D eigenvalue weighted by molar-refractivity contribution is 6.01. The highest BCUT2D eigenvalue weighted by atomic mass is 19.1. The van der Waals surface area contributed by atoms with Crippen molar-refractivity contribution < 1.29 is 33.3 Å². The zero-order valence-electron chi connectivity index (χ0n) is 27.4. The van der Waals surface area contributed by atoms with E-state index in [9.17, 15) is 14.0 Å². The number of carbonyl (C=O) groups excluding carboxylic acids is 2. The third-order valence-corrected chi connectivity index (χ3v) is 7.85. The van der Waals surface area contributed by atoms with Gasteiger partial charge in [0.2, 0.25) is 5.90 Å². The number of aliphatic hydroxyl groups is 1. The molecule has 0 saturated carbocycles. The summed E-state index contributed by atoms with van der Waals surface area (Å²) in [7, 11) is 0. The van der Waals surface area contributed by atoms with E-state index in [4.69, 9.17) is 24.3 Å². The van der Waals surface area contributed by atoms with Crippen molar-refractivity contribution >= 4 is 17.8 Å². The minimum atomic E-state index is -1.54. The zero-order chi connectivity index (χ0) is 34.1. The maximum Gasteiger partial charge on any atom is 0.306 e. The smallest absolute Gasteiger partial charge is 0.306 e. The summed E-state index contributed by atoms with van der Waals surface area (Å²) in [4.78, 5) is 32.4. The SMILES string of the molecule is CC(C)(C)OC(=O)CC[C@@]1(C(=O)NCc2ccc(F)cc2)N=C(c2ccc(OCCCO)cc2)O[C@@H]1c1ccc(-c2ccccc2)cc1. The lowest BCUT2D eigenvalue weighted by molar-refractivity contribution is -0.155. The normalized spacial score (nSPS) is 17.3. The Hall–Kier alpha value is -5.02. The van der Waals surface area contributed by atoms with Crippen molar-refractivity contribution in [2.24, 2.45) is 4.99 Å². The molecule has 1 aliphatic heterocycles. The summed E-state index contributed by atoms with van der Waals surface area (Å²) in [6.07, 6.45) is -0.449. The molecule has 1 amide bonds. The van der Waals surface area contributed by atoms with Crippen molar-refractivity contribution in [3.63, 3.8) is 0 Å². The fourth-order valence-corrected chi connectivity index (χ4v) is 5.47. The van der Waals surface area contributed by atoms with Gasteiger partial charge < -0.3 is 24.6 Å². The number of amides is 1. The van der Waals surface area contributed by atoms with E-state index in [1.54, 1.807) is 57.2 Å². The van der Waals surface area contributed by atoms with Gasteiger partial charge in [0.25, 0.3) is 5.91 Å². The van der Waals surface area contributed by atoms with Crippen LogP contribution >= 0.6 is 0 Å². The number of aliphatic hydroxyl groups excluding tert-OH is 1. The second-order valence-corrected chi connectivity index (χ2v) is 12.7. The molecule has 5 rings (SSSR count). The van der Waals surface area contributed by atoms with Gasteiger partial charge in [-0.15, -0.1) is 0 Å². The Balaban J connectivity index is 1.52. The van der Waals surface area contributed by atoms with Crippen LogP contribution in [0.4, 0.5) is 4.39 Å². The van der Waals surface area contributed by atoms with Gasteiger partial charge in [-0.25, -0.2) is 9.38 Å². The quantitative estimate of drug-likeness (QED) is 0.120. The molecule has 4 aromatic carbocycles. The van der Waals surface area contributed by atoms with Gasteiger partial charge >= 0.3 is 5.97 Å². The lowest BCUT2D eigenvalue weighted by Gasteiger charge is -2.31. The molecule has 2 atom stereocenters. The van der Waals surface area contributed by atoms with Gasteiger partial charge in [-0.3, -0.25) is 9.59 Å². The molecule has 0 spiro atoms. The number of rotatable bonds is 13. The van der Waals surface area contributed by atoms with Crippen LogP contribution in [0.15, 0.2) is 108 Å². The molecular weight excluding hydrogens is 611 g/mol. The van der Waals surface area contributed by atoms with Crippen molar-refractivity contribution in [3.05, 3.63) is 126 Å². The average Bonchev–Trinajstić information content (AvgIpc) is 3.48. The molecule has 1 aliphatic rings. The number of halogens is 1. The Bertz CT molecular complexity index is 1700. The number of hydrogen-bond donors (Lipinski definition) is 2. The van der Waals surface area contributed by atoms with Crippen molar-refractivity contribution in [1.29, 1.82) is 0 Å². The maximum absolute atomic E-state index is 14.4. The summed E-state index contributed by atoms with van der Waals surface area (Å²) in [5.41, 5.74) is 1.83. The Labute approximate surface area is 280 Å². The van der Waals surface area contributed by atoms with E-state index < -0.39 is 29.1 Å². The third-order valence-electron chi connectivity index (χ3n) is 7.85. The topological polar surface area (TPSA) is 106 Å². The number of nitrogens with one attached hydrogen (secondary N) is 1. The fraction of sp³-hybridized carbons (Fsp3) is 0.308. The number of carbonyl (C=O) groups is 2. The van der Waals surface area contributed by atoms with Crippen LogP contribution in [0.25, 0.3) is 11.1 Å². The molecule has 4 aromatic rings. The van der Waals surface area contributed by atoms with E-state index in [-0.39, 0.29) is 37.7 Å². The Morgan fingerprint density at radius 1 is 0.896 bits per heavy atom. The summed E-state index contributed by atoms with van der Waals surface area (Å²) in [5, 5.41) is 12.1. The van der Waals surface area contributed by atoms with Crippen molar-refractivity contribution in [2.75, 3.05) is 13.2 Å². The molecule has 0 aliphatic carbocycles. The lowest BCUT2D eigenvalue weighted by atomic mass is 9.83. The van der Waals surface area contributed by atoms with Crippen LogP contribution in [0.3, 0.4) is 0 Å². The molecule has 48 heavy (non-hydrogen) atoms. The first kappa shape index (κ1) is 34.3. The van der Waals surface area contributed by atoms with Crippen LogP contribution in [0.2, 0.25) is 0 Å². The van der Waals surface area contributed by atoms with E-state index in [1.165, 1.54) is 12.1 Å². The van der Waals surface area contributed by atoms with Crippen LogP contribution in [0.5, 0.6) is 5.75 Å². The monoisotopic (exact) mass is 652 g/mol. The molecule has 0 aromatic heterocycles. The summed E-state index contributed by atoms with van der Waals surface area (Å²) >= 11 is 0. The minimum Gasteiger partial charge on any atom is -0.494 e. The standard InChI is InChI=1S/C39H41FN2O6/c1-38(2,3)48-34(44)22-23-39(37(45)41-26-27-10-18-32(40)19-11-27)35(30-14-12-29(13-15-30)28-8-5-4-6-9-28)47-36(42-39)31-16-20-33(21-17-31)46-25-7-24-43/h4-6,8-21,35,43H,7,22-26H2,1-3H3,(H,41,45)/t35-,39-/m1/s1. The number of benzene rings is 4. The van der Waals surface area contributed by atoms with Gasteiger partial charge in [-0.1, -0.05) is 66.7 Å². The second kappa shape index (κ2) is 15.3. The highest BCUT2D eigenvalue weighted by Gasteiger charge is 2.53. The van der Waals surface area contributed by atoms with Gasteiger partial charge in [0.15, 0.2) is 11.6 Å². The van der Waals surface area contributed by atoms with Crippen LogP contribution < -0.4 is 10.1 Å². The minimum absolute atomic E-state index is 0.00806. The molecule has 1 heterocycles. The molecule has 0 saturated heterocycles. The Morgan fingerprint density at radius 2 is 1.54 bits per heavy atom. The lowest BCUT2D eigenvalue weighted by Crippen LogP contribution is -2.48. The fourth-order valence-electron chi connectivity index (χ4n) is 5.47. The average molecular weight is 653 g/mol. The number of esters is 1. The molecule has 0 fully saturated rings. The molecule has 2 N–H and O–H groups in total. The van der Waals surface area contributed by atoms with Gasteiger partial charge in [-0.2, -0.15) is 0 Å². The highest BCUT2D eigenvalue weighted by Crippen LogP contribution is 2.44. The Morgan fingerprint density at radius 3 is 2.19 bits per heavy atom. The predicted molar refractivity (Wildman–Crippen MR) is 182 cm³/mol. The first-order chi connectivity index (χ1) is 23.1. The summed E-state index contributed by atoms with van der Waals surface area (Å²) in [5.74, 6) is -0.408. The van der Waals surface area contributed by atoms with Crippen molar-refractivity contribution in [2.45, 2.75) is 63.8 Å². The number of aliphatic imine (C=N–C) groups is 1. The largest absolute Gasteiger partial charge is 0.494 e.